The Morgan fingerprint density at radius 3 is 2.61 bits per heavy atom. The Hall–Kier alpha value is -2.15. The predicted molar refractivity (Wildman–Crippen MR) is 68.4 cm³/mol. The van der Waals surface area contributed by atoms with Crippen molar-refractivity contribution in [3.8, 4) is 0 Å². The maximum Gasteiger partial charge on any atom is 0.282 e. The van der Waals surface area contributed by atoms with E-state index in [1.54, 1.807) is 20.2 Å². The molecule has 1 rings (SSSR count). The summed E-state index contributed by atoms with van der Waals surface area (Å²) in [5, 5.41) is 15.3. The van der Waals surface area contributed by atoms with Gasteiger partial charge in [-0.3, -0.25) is 20.3 Å². The van der Waals surface area contributed by atoms with E-state index >= 15 is 0 Å². The normalized spacial score (nSPS) is 10.2. The molecule has 18 heavy (non-hydrogen) atoms. The van der Waals surface area contributed by atoms with Crippen LogP contribution < -0.4 is 10.7 Å². The highest BCUT2D eigenvalue weighted by molar-refractivity contribution is 5.98. The molecular weight excluding hydrogens is 236 g/mol. The average molecular weight is 252 g/mol. The second kappa shape index (κ2) is 5.97. The summed E-state index contributed by atoms with van der Waals surface area (Å²) in [5.41, 5.74) is 2.98. The van der Waals surface area contributed by atoms with Gasteiger partial charge in [-0.2, -0.15) is 0 Å². The second-order valence-corrected chi connectivity index (χ2v) is 3.85. The SMILES string of the molecule is CCNc1ccc([N+](=O)[O-])c(C(=O)NN(C)C)c1. The standard InChI is InChI=1S/C11H16N4O3/c1-4-12-8-5-6-10(15(17)18)9(7-8)11(16)13-14(2)3/h5-7,12H,4H2,1-3H3,(H,13,16). The van der Waals surface area contributed by atoms with Gasteiger partial charge in [0.05, 0.1) is 4.92 Å². The number of benzene rings is 1. The molecule has 1 aromatic carbocycles. The van der Waals surface area contributed by atoms with Crippen molar-refractivity contribution in [2.45, 2.75) is 6.92 Å². The van der Waals surface area contributed by atoms with Crippen molar-refractivity contribution >= 4 is 17.3 Å². The van der Waals surface area contributed by atoms with Gasteiger partial charge in [-0.15, -0.1) is 0 Å². The van der Waals surface area contributed by atoms with Crippen LogP contribution in [0.4, 0.5) is 11.4 Å². The fourth-order valence-electron chi connectivity index (χ4n) is 1.45. The largest absolute Gasteiger partial charge is 0.385 e. The highest BCUT2D eigenvalue weighted by Crippen LogP contribution is 2.22. The Morgan fingerprint density at radius 2 is 2.11 bits per heavy atom. The Labute approximate surface area is 105 Å². The number of carbonyl (C=O) groups is 1. The lowest BCUT2D eigenvalue weighted by atomic mass is 10.1. The number of nitrogens with zero attached hydrogens (tertiary/aromatic N) is 2. The highest BCUT2D eigenvalue weighted by Gasteiger charge is 2.20. The van der Waals surface area contributed by atoms with Crippen LogP contribution in [0.1, 0.15) is 17.3 Å². The zero-order valence-corrected chi connectivity index (χ0v) is 10.6. The third-order valence-electron chi connectivity index (χ3n) is 2.14. The van der Waals surface area contributed by atoms with Crippen molar-refractivity contribution in [3.05, 3.63) is 33.9 Å². The van der Waals surface area contributed by atoms with Gasteiger partial charge < -0.3 is 5.32 Å². The van der Waals surface area contributed by atoms with E-state index in [0.717, 1.165) is 0 Å². The van der Waals surface area contributed by atoms with E-state index in [9.17, 15) is 14.9 Å². The number of nitrogens with one attached hydrogen (secondary N) is 2. The molecule has 7 heteroatoms. The summed E-state index contributed by atoms with van der Waals surface area (Å²) < 4.78 is 0. The Morgan fingerprint density at radius 1 is 1.44 bits per heavy atom. The van der Waals surface area contributed by atoms with Gasteiger partial charge in [-0.1, -0.05) is 0 Å². The summed E-state index contributed by atoms with van der Waals surface area (Å²) in [6.07, 6.45) is 0. The van der Waals surface area contributed by atoms with Gasteiger partial charge >= 0.3 is 0 Å². The van der Waals surface area contributed by atoms with Crippen LogP contribution in [0.15, 0.2) is 18.2 Å². The summed E-state index contributed by atoms with van der Waals surface area (Å²) in [6.45, 7) is 2.58. The fourth-order valence-corrected chi connectivity index (χ4v) is 1.45. The Bertz CT molecular complexity index is 460. The molecular formula is C11H16N4O3. The van der Waals surface area contributed by atoms with Crippen LogP contribution in [0.2, 0.25) is 0 Å². The van der Waals surface area contributed by atoms with Gasteiger partial charge in [0.25, 0.3) is 11.6 Å². The molecule has 0 aliphatic heterocycles. The number of carbonyl (C=O) groups excluding carboxylic acids is 1. The molecule has 0 saturated carbocycles. The first-order valence-electron chi connectivity index (χ1n) is 5.46. The molecule has 0 aromatic heterocycles. The number of hydrogen-bond acceptors (Lipinski definition) is 5. The summed E-state index contributed by atoms with van der Waals surface area (Å²) >= 11 is 0. The number of anilines is 1. The lowest BCUT2D eigenvalue weighted by molar-refractivity contribution is -0.385. The molecule has 0 saturated heterocycles. The maximum absolute atomic E-state index is 11.9. The van der Waals surface area contributed by atoms with Crippen LogP contribution in [0.3, 0.4) is 0 Å². The highest BCUT2D eigenvalue weighted by atomic mass is 16.6. The molecule has 7 nitrogen and oxygen atoms in total. The van der Waals surface area contributed by atoms with E-state index in [2.05, 4.69) is 10.7 Å². The summed E-state index contributed by atoms with van der Waals surface area (Å²) in [6, 6.07) is 4.37. The van der Waals surface area contributed by atoms with Crippen LogP contribution in [0, 0.1) is 10.1 Å². The molecule has 0 radical (unpaired) electrons. The Balaban J connectivity index is 3.14. The second-order valence-electron chi connectivity index (χ2n) is 3.85. The molecule has 1 amide bonds. The number of hydrazine groups is 1. The summed E-state index contributed by atoms with van der Waals surface area (Å²) in [7, 11) is 3.27. The van der Waals surface area contributed by atoms with Crippen molar-refractivity contribution in [3.63, 3.8) is 0 Å². The molecule has 2 N–H and O–H groups in total. The Kier molecular flexibility index (Phi) is 4.61. The monoisotopic (exact) mass is 252 g/mol. The molecule has 0 aliphatic carbocycles. The van der Waals surface area contributed by atoms with Crippen molar-refractivity contribution in [1.82, 2.24) is 10.4 Å². The fraction of sp³-hybridized carbons (Fsp3) is 0.364. The van der Waals surface area contributed by atoms with E-state index in [1.165, 1.54) is 17.1 Å². The van der Waals surface area contributed by atoms with Crippen LogP contribution in [-0.4, -0.2) is 36.5 Å². The third kappa shape index (κ3) is 3.42. The lowest BCUT2D eigenvalue weighted by Crippen LogP contribution is -2.36. The predicted octanol–water partition coefficient (Wildman–Crippen LogP) is 1.23. The minimum atomic E-state index is -0.569. The third-order valence-corrected chi connectivity index (χ3v) is 2.14. The van der Waals surface area contributed by atoms with Crippen LogP contribution >= 0.6 is 0 Å². The molecule has 0 heterocycles. The van der Waals surface area contributed by atoms with E-state index in [1.807, 2.05) is 6.92 Å². The van der Waals surface area contributed by atoms with Crippen LogP contribution in [-0.2, 0) is 0 Å². The van der Waals surface area contributed by atoms with Gasteiger partial charge in [-0.25, -0.2) is 5.01 Å². The van der Waals surface area contributed by atoms with Crippen LogP contribution in [0.5, 0.6) is 0 Å². The van der Waals surface area contributed by atoms with Crippen molar-refractivity contribution < 1.29 is 9.72 Å². The minimum absolute atomic E-state index is 0.0344. The first kappa shape index (κ1) is 13.9. The molecule has 1 aromatic rings. The molecule has 0 fully saturated rings. The minimum Gasteiger partial charge on any atom is -0.385 e. The summed E-state index contributed by atoms with van der Waals surface area (Å²) in [4.78, 5) is 22.2. The number of amides is 1. The molecule has 0 bridgehead atoms. The van der Waals surface area contributed by atoms with Crippen LogP contribution in [0.25, 0.3) is 0 Å². The van der Waals surface area contributed by atoms with Gasteiger partial charge in [0, 0.05) is 32.4 Å². The zero-order chi connectivity index (χ0) is 13.7. The van der Waals surface area contributed by atoms with E-state index < -0.39 is 10.8 Å². The van der Waals surface area contributed by atoms with E-state index in [-0.39, 0.29) is 11.3 Å². The van der Waals surface area contributed by atoms with Gasteiger partial charge in [0.1, 0.15) is 5.56 Å². The molecule has 98 valence electrons. The lowest BCUT2D eigenvalue weighted by Gasteiger charge is -2.12. The molecule has 0 aliphatic rings. The number of nitro groups is 1. The van der Waals surface area contributed by atoms with Crippen molar-refractivity contribution in [2.24, 2.45) is 0 Å². The van der Waals surface area contributed by atoms with Crippen molar-refractivity contribution in [1.29, 1.82) is 0 Å². The number of nitro benzene ring substituents is 1. The quantitative estimate of drug-likeness (QED) is 0.608. The topological polar surface area (TPSA) is 87.5 Å². The van der Waals surface area contributed by atoms with Crippen molar-refractivity contribution in [2.75, 3.05) is 26.0 Å². The van der Waals surface area contributed by atoms with E-state index in [0.29, 0.717) is 12.2 Å². The zero-order valence-electron chi connectivity index (χ0n) is 10.6. The number of rotatable bonds is 5. The van der Waals surface area contributed by atoms with Gasteiger partial charge in [0.2, 0.25) is 0 Å². The molecule has 0 atom stereocenters. The first-order valence-corrected chi connectivity index (χ1v) is 5.46. The smallest absolute Gasteiger partial charge is 0.282 e. The van der Waals surface area contributed by atoms with Gasteiger partial charge in [-0.05, 0) is 19.1 Å². The maximum atomic E-state index is 11.9. The molecule has 0 spiro atoms. The van der Waals surface area contributed by atoms with E-state index in [4.69, 9.17) is 0 Å². The number of hydrogen-bond donors (Lipinski definition) is 2. The first-order chi connectivity index (χ1) is 8.45. The molecule has 0 unspecified atom stereocenters. The average Bonchev–Trinajstić information content (AvgIpc) is 2.28. The van der Waals surface area contributed by atoms with Gasteiger partial charge in [0.15, 0.2) is 0 Å². The summed E-state index contributed by atoms with van der Waals surface area (Å²) in [5.74, 6) is -0.508.